The van der Waals surface area contributed by atoms with Gasteiger partial charge in [0, 0.05) is 4.88 Å². The van der Waals surface area contributed by atoms with Crippen LogP contribution in [0.15, 0.2) is 17.5 Å². The van der Waals surface area contributed by atoms with Gasteiger partial charge in [-0.05, 0) is 30.8 Å². The Bertz CT molecular complexity index is 291. The molecule has 4 heteroatoms. The number of nitrogens with one attached hydrogen (secondary N) is 1. The highest BCUT2D eigenvalue weighted by Gasteiger charge is 2.24. The van der Waals surface area contributed by atoms with Crippen molar-refractivity contribution in [2.24, 2.45) is 0 Å². The average molecular weight is 210 g/mol. The van der Waals surface area contributed by atoms with Crippen molar-refractivity contribution in [2.75, 3.05) is 6.54 Å². The van der Waals surface area contributed by atoms with Crippen LogP contribution in [0.3, 0.4) is 0 Å². The fraction of sp³-hybridized carbons (Fsp3) is 0.400. The molecule has 1 saturated heterocycles. The van der Waals surface area contributed by atoms with Gasteiger partial charge in [-0.25, -0.2) is 4.79 Å². The molecule has 1 aromatic heterocycles. The van der Waals surface area contributed by atoms with Crippen LogP contribution in [0.4, 0.5) is 0 Å². The van der Waals surface area contributed by atoms with E-state index in [1.807, 2.05) is 17.5 Å². The first-order chi connectivity index (χ1) is 6.86. The molecule has 0 saturated carbocycles. The predicted molar refractivity (Wildman–Crippen MR) is 54.6 cm³/mol. The van der Waals surface area contributed by atoms with Crippen LogP contribution in [-0.2, 0) is 16.1 Å². The molecule has 0 spiro atoms. The van der Waals surface area contributed by atoms with Crippen molar-refractivity contribution >= 4 is 17.3 Å². The van der Waals surface area contributed by atoms with E-state index in [-0.39, 0.29) is 5.97 Å². The summed E-state index contributed by atoms with van der Waals surface area (Å²) in [6, 6.07) is 4.64. The topological polar surface area (TPSA) is 38.3 Å². The number of carbonyl (C=O) groups excluding carboxylic acids is 1. The summed E-state index contributed by atoms with van der Waals surface area (Å²) in [5, 5.41) is 5.01. The van der Waals surface area contributed by atoms with Gasteiger partial charge in [-0.3, -0.25) is 5.32 Å². The minimum atomic E-state index is -0.198. The van der Waals surface area contributed by atoms with Crippen LogP contribution in [0.1, 0.15) is 17.7 Å². The van der Waals surface area contributed by atoms with Gasteiger partial charge in [0.15, 0.2) is 0 Å². The molecule has 3 nitrogen and oxygen atoms in total. The van der Waals surface area contributed by atoms with E-state index in [9.17, 15) is 4.79 Å². The lowest BCUT2D eigenvalue weighted by molar-refractivity contribution is -0.143. The Morgan fingerprint density at radius 3 is 3.21 bits per heavy atom. The van der Waals surface area contributed by atoms with E-state index in [4.69, 9.17) is 4.74 Å². The van der Waals surface area contributed by atoms with Crippen LogP contribution < -0.4 is 5.32 Å². The molecule has 0 amide bonds. The first-order valence-electron chi connectivity index (χ1n) is 4.65. The summed E-state index contributed by atoms with van der Waals surface area (Å²) in [7, 11) is 0. The summed E-state index contributed by atoms with van der Waals surface area (Å²) in [6.45, 7) is 1.28. The average Bonchev–Trinajstić information content (AvgIpc) is 2.87. The summed E-state index contributed by atoms with van der Waals surface area (Å²) in [6.07, 6.45) is 1.85. The molecule has 1 aliphatic rings. The number of esters is 1. The summed E-state index contributed by atoms with van der Waals surface area (Å²) in [5.41, 5.74) is 0. The van der Waals surface area contributed by atoms with Gasteiger partial charge in [-0.15, -0.1) is 11.3 Å². The third-order valence-electron chi connectivity index (χ3n) is 2.11. The lowest BCUT2D eigenvalue weighted by atomic mass is 10.2. The van der Waals surface area contributed by atoms with Crippen LogP contribution in [0, 0.1) is 6.04 Å². The Morgan fingerprint density at radius 2 is 2.57 bits per heavy atom. The zero-order valence-corrected chi connectivity index (χ0v) is 8.60. The molecule has 1 N–H and O–H groups in total. The summed E-state index contributed by atoms with van der Waals surface area (Å²) >= 11 is 1.60. The fourth-order valence-electron chi connectivity index (χ4n) is 1.39. The standard InChI is InChI=1S/C10H12NO2S/c12-10(9-4-1-5-11-9)13-7-8-3-2-6-14-8/h2-3,6,11H,1,4-5,7H2. The molecule has 1 aromatic rings. The van der Waals surface area contributed by atoms with Crippen molar-refractivity contribution in [1.29, 1.82) is 0 Å². The van der Waals surface area contributed by atoms with Crippen molar-refractivity contribution in [3.63, 3.8) is 0 Å². The molecule has 1 radical (unpaired) electrons. The van der Waals surface area contributed by atoms with Gasteiger partial charge in [-0.1, -0.05) is 6.07 Å². The van der Waals surface area contributed by atoms with Crippen LogP contribution >= 0.6 is 11.3 Å². The van der Waals surface area contributed by atoms with Crippen molar-refractivity contribution in [2.45, 2.75) is 19.4 Å². The van der Waals surface area contributed by atoms with E-state index in [0.717, 1.165) is 30.3 Å². The summed E-state index contributed by atoms with van der Waals surface area (Å²) in [5.74, 6) is -0.198. The van der Waals surface area contributed by atoms with Gasteiger partial charge in [-0.2, -0.15) is 0 Å². The molecule has 2 heterocycles. The number of carbonyl (C=O) groups is 1. The quantitative estimate of drug-likeness (QED) is 0.772. The van der Waals surface area contributed by atoms with Crippen molar-refractivity contribution in [1.82, 2.24) is 5.32 Å². The van der Waals surface area contributed by atoms with E-state index in [0.29, 0.717) is 6.61 Å². The molecule has 0 unspecified atom stereocenters. The zero-order valence-electron chi connectivity index (χ0n) is 7.79. The van der Waals surface area contributed by atoms with Crippen molar-refractivity contribution in [3.05, 3.63) is 28.4 Å². The highest BCUT2D eigenvalue weighted by atomic mass is 32.1. The Kier molecular flexibility index (Phi) is 3.16. The molecular formula is C10H12NO2S. The predicted octanol–water partition coefficient (Wildman–Crippen LogP) is 1.71. The van der Waals surface area contributed by atoms with E-state index in [2.05, 4.69) is 5.32 Å². The van der Waals surface area contributed by atoms with E-state index >= 15 is 0 Å². The molecule has 0 atom stereocenters. The zero-order chi connectivity index (χ0) is 9.80. The van der Waals surface area contributed by atoms with Gasteiger partial charge in [0.25, 0.3) is 0 Å². The SMILES string of the molecule is O=C(OCc1cccs1)[C]1CCCN1. The molecule has 2 rings (SSSR count). The molecule has 14 heavy (non-hydrogen) atoms. The second-order valence-corrected chi connectivity index (χ2v) is 4.20. The highest BCUT2D eigenvalue weighted by molar-refractivity contribution is 7.09. The van der Waals surface area contributed by atoms with Gasteiger partial charge in [0.1, 0.15) is 12.6 Å². The largest absolute Gasteiger partial charge is 0.459 e. The second kappa shape index (κ2) is 4.57. The second-order valence-electron chi connectivity index (χ2n) is 3.16. The maximum absolute atomic E-state index is 11.4. The number of ether oxygens (including phenoxy) is 1. The molecule has 0 aromatic carbocycles. The van der Waals surface area contributed by atoms with Gasteiger partial charge in [0.2, 0.25) is 0 Å². The Hall–Kier alpha value is -0.870. The maximum atomic E-state index is 11.4. The normalized spacial score (nSPS) is 17.1. The van der Waals surface area contributed by atoms with Crippen LogP contribution in [0.2, 0.25) is 0 Å². The van der Waals surface area contributed by atoms with Crippen molar-refractivity contribution in [3.8, 4) is 0 Å². The number of thiophene rings is 1. The van der Waals surface area contributed by atoms with E-state index in [1.54, 1.807) is 11.3 Å². The molecule has 1 aliphatic heterocycles. The lowest BCUT2D eigenvalue weighted by Gasteiger charge is -2.07. The molecule has 0 bridgehead atoms. The summed E-state index contributed by atoms with van der Waals surface area (Å²) < 4.78 is 5.14. The summed E-state index contributed by atoms with van der Waals surface area (Å²) in [4.78, 5) is 12.5. The van der Waals surface area contributed by atoms with Crippen LogP contribution in [-0.4, -0.2) is 12.5 Å². The number of hydrogen-bond acceptors (Lipinski definition) is 4. The lowest BCUT2D eigenvalue weighted by Crippen LogP contribution is -2.24. The van der Waals surface area contributed by atoms with Crippen molar-refractivity contribution < 1.29 is 9.53 Å². The Balaban J connectivity index is 1.77. The third kappa shape index (κ3) is 2.33. The highest BCUT2D eigenvalue weighted by Crippen LogP contribution is 2.16. The Morgan fingerprint density at radius 1 is 1.64 bits per heavy atom. The fourth-order valence-corrected chi connectivity index (χ4v) is 2.00. The van der Waals surface area contributed by atoms with E-state index in [1.165, 1.54) is 0 Å². The maximum Gasteiger partial charge on any atom is 0.329 e. The first-order valence-corrected chi connectivity index (χ1v) is 5.53. The number of hydrogen-bond donors (Lipinski definition) is 1. The smallest absolute Gasteiger partial charge is 0.329 e. The van der Waals surface area contributed by atoms with E-state index < -0.39 is 0 Å². The third-order valence-corrected chi connectivity index (χ3v) is 2.96. The van der Waals surface area contributed by atoms with Gasteiger partial charge in [0.05, 0.1) is 0 Å². The van der Waals surface area contributed by atoms with Crippen LogP contribution in [0.5, 0.6) is 0 Å². The minimum absolute atomic E-state index is 0.198. The number of rotatable bonds is 3. The minimum Gasteiger partial charge on any atom is -0.459 e. The van der Waals surface area contributed by atoms with Gasteiger partial charge >= 0.3 is 5.97 Å². The van der Waals surface area contributed by atoms with Crippen LogP contribution in [0.25, 0.3) is 0 Å². The Labute approximate surface area is 87.1 Å². The monoisotopic (exact) mass is 210 g/mol. The molecule has 0 aliphatic carbocycles. The molecular weight excluding hydrogens is 198 g/mol. The first kappa shape index (κ1) is 9.68. The van der Waals surface area contributed by atoms with Gasteiger partial charge < -0.3 is 4.74 Å². The molecule has 1 fully saturated rings. The molecule has 75 valence electrons.